The zero-order valence-corrected chi connectivity index (χ0v) is 11.5. The lowest BCUT2D eigenvalue weighted by Gasteiger charge is -2.20. The summed E-state index contributed by atoms with van der Waals surface area (Å²) in [5.74, 6) is 0. The van der Waals surface area contributed by atoms with E-state index < -0.39 is 4.92 Å². The van der Waals surface area contributed by atoms with Gasteiger partial charge in [-0.1, -0.05) is 0 Å². The summed E-state index contributed by atoms with van der Waals surface area (Å²) in [6.45, 7) is 1.00. The molecular formula is C13H18N2O5. The fraction of sp³-hybridized carbons (Fsp3) is 0.538. The van der Waals surface area contributed by atoms with Crippen molar-refractivity contribution in [1.29, 1.82) is 0 Å². The number of non-ortho nitro benzene ring substituents is 1. The standard InChI is InChI=1S/C13H18N2O5/c1-19-12-6-14(7-13(12)20-2)11-4-3-10(15(17)18)5-9(11)8-16/h3-5,12-13,16H,6-8H2,1-2H3. The number of hydrogen-bond acceptors (Lipinski definition) is 6. The van der Waals surface area contributed by atoms with E-state index >= 15 is 0 Å². The summed E-state index contributed by atoms with van der Waals surface area (Å²) in [6, 6.07) is 4.50. The van der Waals surface area contributed by atoms with Gasteiger partial charge in [-0.2, -0.15) is 0 Å². The maximum absolute atomic E-state index is 10.8. The molecule has 7 heteroatoms. The maximum atomic E-state index is 10.8. The smallest absolute Gasteiger partial charge is 0.269 e. The third-order valence-corrected chi connectivity index (χ3v) is 3.61. The summed E-state index contributed by atoms with van der Waals surface area (Å²) in [7, 11) is 3.26. The van der Waals surface area contributed by atoms with Crippen molar-refractivity contribution in [3.63, 3.8) is 0 Å². The molecule has 2 unspecified atom stereocenters. The van der Waals surface area contributed by atoms with Gasteiger partial charge in [-0.05, 0) is 6.07 Å². The third-order valence-electron chi connectivity index (χ3n) is 3.61. The second-order valence-electron chi connectivity index (χ2n) is 4.68. The van der Waals surface area contributed by atoms with Gasteiger partial charge in [0.05, 0.1) is 11.5 Å². The largest absolute Gasteiger partial charge is 0.392 e. The molecule has 0 saturated carbocycles. The fourth-order valence-corrected chi connectivity index (χ4v) is 2.51. The number of nitrogens with zero attached hydrogens (tertiary/aromatic N) is 2. The van der Waals surface area contributed by atoms with Crippen LogP contribution in [0, 0.1) is 10.1 Å². The summed E-state index contributed by atoms with van der Waals surface area (Å²) in [5, 5.41) is 20.2. The Morgan fingerprint density at radius 2 is 1.95 bits per heavy atom. The van der Waals surface area contributed by atoms with E-state index in [9.17, 15) is 15.2 Å². The molecule has 2 atom stereocenters. The van der Waals surface area contributed by atoms with Crippen molar-refractivity contribution < 1.29 is 19.5 Å². The molecule has 1 saturated heterocycles. The minimum Gasteiger partial charge on any atom is -0.392 e. The van der Waals surface area contributed by atoms with Crippen LogP contribution in [0.1, 0.15) is 5.56 Å². The van der Waals surface area contributed by atoms with Gasteiger partial charge in [-0.15, -0.1) is 0 Å². The van der Waals surface area contributed by atoms with E-state index in [0.717, 1.165) is 5.69 Å². The first-order valence-corrected chi connectivity index (χ1v) is 6.29. The van der Waals surface area contributed by atoms with Gasteiger partial charge in [0.25, 0.3) is 5.69 Å². The molecule has 0 aromatic heterocycles. The Hall–Kier alpha value is -1.70. The lowest BCUT2D eigenvalue weighted by Crippen LogP contribution is -2.27. The van der Waals surface area contributed by atoms with Crippen molar-refractivity contribution >= 4 is 11.4 Å². The highest BCUT2D eigenvalue weighted by atomic mass is 16.6. The molecule has 0 amide bonds. The van der Waals surface area contributed by atoms with E-state index in [1.807, 2.05) is 4.90 Å². The number of ether oxygens (including phenoxy) is 2. The Kier molecular flexibility index (Phi) is 4.53. The molecule has 1 N–H and O–H groups in total. The lowest BCUT2D eigenvalue weighted by atomic mass is 10.1. The molecule has 0 radical (unpaired) electrons. The molecule has 1 aliphatic heterocycles. The number of methoxy groups -OCH3 is 2. The van der Waals surface area contributed by atoms with E-state index in [1.165, 1.54) is 12.1 Å². The number of hydrogen-bond donors (Lipinski definition) is 1. The van der Waals surface area contributed by atoms with Crippen LogP contribution in [0.15, 0.2) is 18.2 Å². The van der Waals surface area contributed by atoms with Crippen LogP contribution in [-0.2, 0) is 16.1 Å². The molecule has 1 fully saturated rings. The molecule has 0 spiro atoms. The first-order valence-electron chi connectivity index (χ1n) is 6.29. The third kappa shape index (κ3) is 2.74. The fourth-order valence-electron chi connectivity index (χ4n) is 2.51. The summed E-state index contributed by atoms with van der Waals surface area (Å²) in [4.78, 5) is 12.3. The normalized spacial score (nSPS) is 22.2. The van der Waals surface area contributed by atoms with E-state index in [1.54, 1.807) is 20.3 Å². The van der Waals surface area contributed by atoms with Crippen LogP contribution < -0.4 is 4.90 Å². The van der Waals surface area contributed by atoms with Gasteiger partial charge < -0.3 is 19.5 Å². The Morgan fingerprint density at radius 3 is 2.40 bits per heavy atom. The van der Waals surface area contributed by atoms with Crippen LogP contribution in [0.2, 0.25) is 0 Å². The van der Waals surface area contributed by atoms with Crippen molar-refractivity contribution in [2.24, 2.45) is 0 Å². The molecule has 1 heterocycles. The van der Waals surface area contributed by atoms with Gasteiger partial charge in [0.15, 0.2) is 0 Å². The Bertz CT molecular complexity index is 482. The average molecular weight is 282 g/mol. The summed E-state index contributed by atoms with van der Waals surface area (Å²) in [5.41, 5.74) is 1.29. The quantitative estimate of drug-likeness (QED) is 0.639. The molecule has 2 rings (SSSR count). The Balaban J connectivity index is 2.27. The minimum atomic E-state index is -0.469. The predicted molar refractivity (Wildman–Crippen MR) is 72.8 cm³/mol. The van der Waals surface area contributed by atoms with Gasteiger partial charge in [0.2, 0.25) is 0 Å². The Labute approximate surface area is 116 Å². The topological polar surface area (TPSA) is 85.1 Å². The zero-order valence-electron chi connectivity index (χ0n) is 11.5. The SMILES string of the molecule is COC1CN(c2ccc([N+](=O)[O-])cc2CO)CC1OC. The zero-order chi connectivity index (χ0) is 14.7. The van der Waals surface area contributed by atoms with E-state index in [-0.39, 0.29) is 24.5 Å². The van der Waals surface area contributed by atoms with E-state index in [4.69, 9.17) is 9.47 Å². The number of rotatable bonds is 5. The van der Waals surface area contributed by atoms with Crippen molar-refractivity contribution in [1.82, 2.24) is 0 Å². The molecular weight excluding hydrogens is 264 g/mol. The Morgan fingerprint density at radius 1 is 1.35 bits per heavy atom. The van der Waals surface area contributed by atoms with Gasteiger partial charge in [0, 0.05) is 50.7 Å². The first kappa shape index (κ1) is 14.7. The molecule has 110 valence electrons. The van der Waals surface area contributed by atoms with Crippen LogP contribution in [-0.4, -0.2) is 49.5 Å². The number of nitro groups is 1. The van der Waals surface area contributed by atoms with Crippen LogP contribution >= 0.6 is 0 Å². The first-order chi connectivity index (χ1) is 9.60. The average Bonchev–Trinajstić information content (AvgIpc) is 2.89. The summed E-state index contributed by atoms with van der Waals surface area (Å²) >= 11 is 0. The van der Waals surface area contributed by atoms with Crippen molar-refractivity contribution in [2.75, 3.05) is 32.2 Å². The van der Waals surface area contributed by atoms with Crippen molar-refractivity contribution in [2.45, 2.75) is 18.8 Å². The number of anilines is 1. The second kappa shape index (κ2) is 6.17. The van der Waals surface area contributed by atoms with Gasteiger partial charge in [-0.3, -0.25) is 10.1 Å². The molecule has 1 aromatic rings. The predicted octanol–water partition coefficient (Wildman–Crippen LogP) is 0.937. The molecule has 0 aliphatic carbocycles. The second-order valence-corrected chi connectivity index (χ2v) is 4.68. The summed E-state index contributed by atoms with van der Waals surface area (Å²) in [6.07, 6.45) is -0.108. The maximum Gasteiger partial charge on any atom is 0.269 e. The molecule has 20 heavy (non-hydrogen) atoms. The molecule has 1 aliphatic rings. The number of aliphatic hydroxyl groups excluding tert-OH is 1. The van der Waals surface area contributed by atoms with E-state index in [2.05, 4.69) is 0 Å². The highest BCUT2D eigenvalue weighted by Crippen LogP contribution is 2.29. The van der Waals surface area contributed by atoms with Crippen LogP contribution in [0.25, 0.3) is 0 Å². The minimum absolute atomic E-state index is 0.0245. The van der Waals surface area contributed by atoms with Gasteiger partial charge in [-0.25, -0.2) is 0 Å². The number of benzene rings is 1. The summed E-state index contributed by atoms with van der Waals surface area (Å²) < 4.78 is 10.7. The highest BCUT2D eigenvalue weighted by Gasteiger charge is 2.34. The molecule has 7 nitrogen and oxygen atoms in total. The monoisotopic (exact) mass is 282 g/mol. The van der Waals surface area contributed by atoms with Crippen LogP contribution in [0.4, 0.5) is 11.4 Å². The van der Waals surface area contributed by atoms with E-state index in [0.29, 0.717) is 18.7 Å². The molecule has 0 bridgehead atoms. The van der Waals surface area contributed by atoms with Crippen LogP contribution in [0.5, 0.6) is 0 Å². The highest BCUT2D eigenvalue weighted by molar-refractivity contribution is 5.58. The lowest BCUT2D eigenvalue weighted by molar-refractivity contribution is -0.384. The number of aliphatic hydroxyl groups is 1. The van der Waals surface area contributed by atoms with Crippen molar-refractivity contribution in [3.8, 4) is 0 Å². The molecule has 1 aromatic carbocycles. The van der Waals surface area contributed by atoms with Gasteiger partial charge in [0.1, 0.15) is 12.2 Å². The number of nitro benzene ring substituents is 1. The van der Waals surface area contributed by atoms with Gasteiger partial charge >= 0.3 is 0 Å². The van der Waals surface area contributed by atoms with Crippen LogP contribution in [0.3, 0.4) is 0 Å². The van der Waals surface area contributed by atoms with Crippen molar-refractivity contribution in [3.05, 3.63) is 33.9 Å².